The van der Waals surface area contributed by atoms with Crippen LogP contribution < -0.4 is 0 Å². The molecule has 0 aromatic carbocycles. The van der Waals surface area contributed by atoms with Gasteiger partial charge in [0.1, 0.15) is 63.1 Å². The van der Waals surface area contributed by atoms with E-state index in [-0.39, 0.29) is 31.9 Å². The van der Waals surface area contributed by atoms with Crippen LogP contribution in [0.15, 0.2) is 6.20 Å². The zero-order chi connectivity index (χ0) is 72.1. The smallest absolute Gasteiger partial charge is 0.303 e. The summed E-state index contributed by atoms with van der Waals surface area (Å²) in [7, 11) is 0. The second-order valence-electron chi connectivity index (χ2n) is 21.8. The fourth-order valence-electron chi connectivity index (χ4n) is 10.3. The number of rotatable bonds is 30. The molecule has 4 saturated heterocycles. The summed E-state index contributed by atoms with van der Waals surface area (Å²) in [6.07, 6.45) is -33.0. The highest BCUT2D eigenvalue weighted by Crippen LogP contribution is 2.38. The molecule has 0 radical (unpaired) electrons. The Morgan fingerprint density at radius 1 is 0.320 bits per heavy atom. The molecule has 0 aliphatic carbocycles. The molecule has 39 heteroatoms. The van der Waals surface area contributed by atoms with Crippen molar-refractivity contribution in [1.82, 2.24) is 15.0 Å². The first kappa shape index (κ1) is 79.1. The van der Waals surface area contributed by atoms with Crippen molar-refractivity contribution in [2.45, 2.75) is 233 Å². The average molecular weight is 1390 g/mol. The fourth-order valence-corrected chi connectivity index (χ4v) is 10.3. The van der Waals surface area contributed by atoms with Gasteiger partial charge in [0.25, 0.3) is 0 Å². The number of nitrogens with zero attached hydrogens (tertiary/aromatic N) is 3. The van der Waals surface area contributed by atoms with Crippen LogP contribution in [0, 0.1) is 0 Å². The topological polar surface area (TPSA) is 473 Å². The Balaban J connectivity index is 1.41. The third kappa shape index (κ3) is 24.8. The maximum absolute atomic E-state index is 13.0. The highest BCUT2D eigenvalue weighted by Gasteiger charge is 2.60. The highest BCUT2D eigenvalue weighted by molar-refractivity contribution is 5.71. The summed E-state index contributed by atoms with van der Waals surface area (Å²) >= 11 is 0. The van der Waals surface area contributed by atoms with E-state index in [0.29, 0.717) is 0 Å². The summed E-state index contributed by atoms with van der Waals surface area (Å²) in [5.41, 5.74) is 0.239. The zero-order valence-electron chi connectivity index (χ0n) is 55.3. The molecular formula is C58H79N3O36. The molecular weight excluding hydrogens is 1310 g/mol. The van der Waals surface area contributed by atoms with Gasteiger partial charge in [0, 0.05) is 110 Å². The number of aromatic nitrogens is 3. The van der Waals surface area contributed by atoms with Gasteiger partial charge in [0.2, 0.25) is 0 Å². The first-order valence-corrected chi connectivity index (χ1v) is 29.9. The van der Waals surface area contributed by atoms with E-state index in [2.05, 4.69) is 10.3 Å². The van der Waals surface area contributed by atoms with Gasteiger partial charge >= 0.3 is 83.6 Å². The van der Waals surface area contributed by atoms with E-state index in [1.54, 1.807) is 0 Å². The second-order valence-corrected chi connectivity index (χ2v) is 21.8. The van der Waals surface area contributed by atoms with Crippen LogP contribution in [0.3, 0.4) is 0 Å². The first-order chi connectivity index (χ1) is 45.6. The van der Waals surface area contributed by atoms with Gasteiger partial charge in [-0.15, -0.1) is 5.10 Å². The number of hydrogen-bond acceptors (Lipinski definition) is 38. The van der Waals surface area contributed by atoms with E-state index in [1.807, 2.05) is 0 Å². The van der Waals surface area contributed by atoms with E-state index < -0.39 is 233 Å². The van der Waals surface area contributed by atoms with E-state index in [0.717, 1.165) is 96.9 Å². The van der Waals surface area contributed by atoms with Gasteiger partial charge in [-0.2, -0.15) is 0 Å². The van der Waals surface area contributed by atoms with Gasteiger partial charge in [0.15, 0.2) is 86.2 Å². The zero-order valence-corrected chi connectivity index (χ0v) is 55.3. The number of hydrogen-bond donors (Lipinski definition) is 0. The molecule has 39 nitrogen and oxygen atoms in total. The van der Waals surface area contributed by atoms with E-state index >= 15 is 0 Å². The molecule has 5 rings (SSSR count). The monoisotopic (exact) mass is 1390 g/mol. The summed E-state index contributed by atoms with van der Waals surface area (Å²) < 4.78 is 128. The van der Waals surface area contributed by atoms with Crippen molar-refractivity contribution in [2.75, 3.05) is 39.6 Å². The minimum absolute atomic E-state index is 0.0892. The number of ether oxygens (including phenoxy) is 22. The molecule has 1 aromatic rings. The van der Waals surface area contributed by atoms with Crippen molar-refractivity contribution >= 4 is 83.6 Å². The Hall–Kier alpha value is -8.60. The lowest BCUT2D eigenvalue weighted by Crippen LogP contribution is -2.67. The van der Waals surface area contributed by atoms with Gasteiger partial charge < -0.3 is 104 Å². The van der Waals surface area contributed by atoms with Gasteiger partial charge in [-0.1, -0.05) is 5.21 Å². The fraction of sp³-hybridized carbons (Fsp3) is 0.724. The molecule has 20 atom stereocenters. The minimum atomic E-state index is -1.94. The average Bonchev–Trinajstić information content (AvgIpc) is 0.953. The van der Waals surface area contributed by atoms with Crippen LogP contribution in [0.4, 0.5) is 0 Å². The molecule has 4 aliphatic rings. The molecule has 4 aliphatic heterocycles. The van der Waals surface area contributed by atoms with Gasteiger partial charge in [0.05, 0.1) is 25.5 Å². The minimum Gasteiger partial charge on any atom is -0.463 e. The SMILES string of the molecule is CC(=O)OC[C@H]1O[C@@H](O[C@H]2[C@H](OC(C)=O)[C@@H](OC(C)=O)[C@H](OCCc3cn(CCO[C@@H]4O[C@H](COC(C)=O)[C@@H](O[C@@H]5O[C@H](COC(C)=O)[C@@H](OC(C)=O)[C@H](OC(C)=O)[C@H]5OC(C)=O)[C@H](OC(C)=O)[C@H]4OC(C)=O)nn3)O[C@@H]2COC(C)=O)[C@H](OC(C)=O)[C@@H](OC(C)=O)[C@@H]1OC(C)=O. The Morgan fingerprint density at radius 3 is 0.866 bits per heavy atom. The summed E-state index contributed by atoms with van der Waals surface area (Å²) in [5, 5.41) is 8.27. The van der Waals surface area contributed by atoms with Crippen LogP contribution in [0.2, 0.25) is 0 Å². The maximum atomic E-state index is 13.0. The van der Waals surface area contributed by atoms with E-state index in [4.69, 9.17) is 104 Å². The van der Waals surface area contributed by atoms with Crippen molar-refractivity contribution in [3.8, 4) is 0 Å². The molecule has 0 N–H and O–H groups in total. The lowest BCUT2D eigenvalue weighted by Gasteiger charge is -2.48. The van der Waals surface area contributed by atoms with Crippen molar-refractivity contribution in [1.29, 1.82) is 0 Å². The molecule has 0 bridgehead atoms. The number of carbonyl (C=O) groups is 14. The third-order valence-electron chi connectivity index (χ3n) is 13.6. The van der Waals surface area contributed by atoms with E-state index in [1.165, 1.54) is 10.9 Å². The molecule has 5 heterocycles. The molecule has 0 saturated carbocycles. The predicted octanol–water partition coefficient (Wildman–Crippen LogP) is -1.91. The molecule has 97 heavy (non-hydrogen) atoms. The van der Waals surface area contributed by atoms with Crippen molar-refractivity contribution in [2.24, 2.45) is 0 Å². The largest absolute Gasteiger partial charge is 0.463 e. The van der Waals surface area contributed by atoms with Gasteiger partial charge in [-0.25, -0.2) is 4.68 Å². The summed E-state index contributed by atoms with van der Waals surface area (Å²) in [6, 6.07) is 0. The molecule has 1 aromatic heterocycles. The van der Waals surface area contributed by atoms with Crippen molar-refractivity contribution in [3.05, 3.63) is 11.9 Å². The van der Waals surface area contributed by atoms with Crippen LogP contribution in [-0.4, -0.2) is 261 Å². The Bertz CT molecular complexity index is 2780. The predicted molar refractivity (Wildman–Crippen MR) is 302 cm³/mol. The van der Waals surface area contributed by atoms with Crippen molar-refractivity contribution in [3.63, 3.8) is 0 Å². The lowest BCUT2D eigenvalue weighted by atomic mass is 9.96. The maximum Gasteiger partial charge on any atom is 0.303 e. The quantitative estimate of drug-likeness (QED) is 0.0599. The Morgan fingerprint density at radius 2 is 0.567 bits per heavy atom. The van der Waals surface area contributed by atoms with Crippen LogP contribution in [0.25, 0.3) is 0 Å². The second kappa shape index (κ2) is 37.2. The summed E-state index contributed by atoms with van der Waals surface area (Å²) in [6.45, 7) is 10.6. The molecule has 542 valence electrons. The normalized spacial score (nSPS) is 29.8. The summed E-state index contributed by atoms with van der Waals surface area (Å²) in [5.74, 6) is -13.1. The highest BCUT2D eigenvalue weighted by atomic mass is 16.8. The Labute approximate surface area is 552 Å². The van der Waals surface area contributed by atoms with Crippen LogP contribution in [0.1, 0.15) is 103 Å². The Kier molecular flexibility index (Phi) is 30.3. The summed E-state index contributed by atoms with van der Waals surface area (Å²) in [4.78, 5) is 176. The first-order valence-electron chi connectivity index (χ1n) is 29.9. The molecule has 4 fully saturated rings. The number of carbonyl (C=O) groups excluding carboxylic acids is 14. The van der Waals surface area contributed by atoms with E-state index in [9.17, 15) is 67.1 Å². The van der Waals surface area contributed by atoms with Crippen LogP contribution >= 0.6 is 0 Å². The molecule has 0 unspecified atom stereocenters. The van der Waals surface area contributed by atoms with Crippen molar-refractivity contribution < 1.29 is 171 Å². The lowest BCUT2D eigenvalue weighted by molar-refractivity contribution is -0.361. The van der Waals surface area contributed by atoms with Gasteiger partial charge in [-0.3, -0.25) is 67.1 Å². The van der Waals surface area contributed by atoms with Crippen LogP contribution in [0.5, 0.6) is 0 Å². The third-order valence-corrected chi connectivity index (χ3v) is 13.6. The molecule has 0 amide bonds. The number of esters is 14. The molecule has 0 spiro atoms. The van der Waals surface area contributed by atoms with Crippen LogP contribution in [-0.2, 0) is 184 Å². The van der Waals surface area contributed by atoms with Gasteiger partial charge in [-0.05, 0) is 0 Å². The standard InChI is InChI=1S/C58H79N3O36/c1-24(62)78-20-39-43(82-28(5)66)47(84-30(7)68)53(90-36(13)74)57(94-39)96-45-41(22-80-26(3)64)92-55(51(88-34(11)72)49(45)86-32(9)70)76-17-15-38-19-61(60-59-38)16-18-77-56-52(89-35(12)73)50(87-33(10)71)46(42(93-56)23-81-27(4)65)97-58-54(91-37(14)75)48(85-31(8)69)44(83-29(6)67)40(95-58)21-79-25(2)63/h19,39-58H,15-18,20-23H2,1-14H3/t39-,40-,41-,42-,43-,44-,45-,46-,47+,48+,49+,50+,51-,52-,53-,54-,55-,56-,57+,58+/m1/s1.